The lowest BCUT2D eigenvalue weighted by Crippen LogP contribution is -2.21. The van der Waals surface area contributed by atoms with Crippen molar-refractivity contribution in [3.8, 4) is 5.75 Å². The minimum absolute atomic E-state index is 0.0495. The van der Waals surface area contributed by atoms with Crippen molar-refractivity contribution in [3.05, 3.63) is 33.9 Å². The molecule has 0 radical (unpaired) electrons. The van der Waals surface area contributed by atoms with Gasteiger partial charge in [-0.1, -0.05) is 0 Å². The maximum absolute atomic E-state index is 11.8. The van der Waals surface area contributed by atoms with Gasteiger partial charge in [-0.15, -0.1) is 0 Å². The Bertz CT molecular complexity index is 495. The molecule has 6 nitrogen and oxygen atoms in total. The standard InChI is InChI=1S/C12H14N2O4/c1-13(2)12(15)8-3-6-10(14(16)17)11(7-8)18-9-4-5-9/h3,6-7,9H,4-5H2,1-2H3. The van der Waals surface area contributed by atoms with Gasteiger partial charge in [-0.2, -0.15) is 0 Å². The molecule has 0 spiro atoms. The van der Waals surface area contributed by atoms with Crippen LogP contribution in [-0.2, 0) is 0 Å². The molecule has 1 aliphatic rings. The van der Waals surface area contributed by atoms with Crippen LogP contribution in [0.3, 0.4) is 0 Å². The topological polar surface area (TPSA) is 72.7 Å². The van der Waals surface area contributed by atoms with Gasteiger partial charge < -0.3 is 9.64 Å². The first-order valence-electron chi connectivity index (χ1n) is 5.66. The summed E-state index contributed by atoms with van der Waals surface area (Å²) in [4.78, 5) is 23.6. The predicted molar refractivity (Wildman–Crippen MR) is 64.8 cm³/mol. The molecule has 0 unspecified atom stereocenters. The Kier molecular flexibility index (Phi) is 3.18. The molecule has 1 amide bonds. The van der Waals surface area contributed by atoms with Crippen LogP contribution < -0.4 is 4.74 Å². The maximum Gasteiger partial charge on any atom is 0.310 e. The molecular weight excluding hydrogens is 236 g/mol. The van der Waals surface area contributed by atoms with Crippen molar-refractivity contribution in [3.63, 3.8) is 0 Å². The van der Waals surface area contributed by atoms with Crippen molar-refractivity contribution < 1.29 is 14.5 Å². The molecule has 0 heterocycles. The van der Waals surface area contributed by atoms with Gasteiger partial charge in [0, 0.05) is 31.8 Å². The normalized spacial score (nSPS) is 14.1. The number of amides is 1. The van der Waals surface area contributed by atoms with E-state index in [0.717, 1.165) is 12.8 Å². The van der Waals surface area contributed by atoms with E-state index in [0.29, 0.717) is 5.56 Å². The van der Waals surface area contributed by atoms with E-state index in [1.54, 1.807) is 14.1 Å². The summed E-state index contributed by atoms with van der Waals surface area (Å²) in [5.74, 6) is -0.0271. The summed E-state index contributed by atoms with van der Waals surface area (Å²) in [5.41, 5.74) is 0.290. The minimum Gasteiger partial charge on any atom is -0.483 e. The van der Waals surface area contributed by atoms with Crippen LogP contribution in [-0.4, -0.2) is 35.9 Å². The van der Waals surface area contributed by atoms with Gasteiger partial charge in [0.2, 0.25) is 0 Å². The molecule has 1 aliphatic carbocycles. The summed E-state index contributed by atoms with van der Waals surface area (Å²) in [6.45, 7) is 0. The summed E-state index contributed by atoms with van der Waals surface area (Å²) in [5, 5.41) is 10.9. The third-order valence-electron chi connectivity index (χ3n) is 2.63. The molecule has 96 valence electrons. The highest BCUT2D eigenvalue weighted by Gasteiger charge is 2.28. The van der Waals surface area contributed by atoms with Crippen LogP contribution in [0.15, 0.2) is 18.2 Å². The number of ether oxygens (including phenoxy) is 1. The van der Waals surface area contributed by atoms with Crippen LogP contribution in [0.2, 0.25) is 0 Å². The van der Waals surface area contributed by atoms with Crippen LogP contribution in [0.1, 0.15) is 23.2 Å². The Balaban J connectivity index is 2.34. The molecule has 1 fully saturated rings. The Morgan fingerprint density at radius 3 is 2.61 bits per heavy atom. The van der Waals surface area contributed by atoms with Crippen molar-refractivity contribution in [1.82, 2.24) is 4.90 Å². The van der Waals surface area contributed by atoms with Gasteiger partial charge >= 0.3 is 5.69 Å². The first kappa shape index (κ1) is 12.3. The number of carbonyl (C=O) groups excluding carboxylic acids is 1. The third-order valence-corrected chi connectivity index (χ3v) is 2.63. The number of benzene rings is 1. The van der Waals surface area contributed by atoms with Crippen LogP contribution in [0, 0.1) is 10.1 Å². The van der Waals surface area contributed by atoms with Gasteiger partial charge in [0.05, 0.1) is 11.0 Å². The van der Waals surface area contributed by atoms with Crippen molar-refractivity contribution in [2.75, 3.05) is 14.1 Å². The van der Waals surface area contributed by atoms with Crippen LogP contribution in [0.25, 0.3) is 0 Å². The van der Waals surface area contributed by atoms with Gasteiger partial charge in [0.15, 0.2) is 5.75 Å². The van der Waals surface area contributed by atoms with Gasteiger partial charge in [0.1, 0.15) is 0 Å². The molecule has 0 aromatic heterocycles. The lowest BCUT2D eigenvalue weighted by atomic mass is 10.1. The van der Waals surface area contributed by atoms with Crippen molar-refractivity contribution >= 4 is 11.6 Å². The zero-order chi connectivity index (χ0) is 13.3. The maximum atomic E-state index is 11.8. The highest BCUT2D eigenvalue weighted by molar-refractivity contribution is 5.94. The second kappa shape index (κ2) is 4.64. The SMILES string of the molecule is CN(C)C(=O)c1ccc([N+](=O)[O-])c(OC2CC2)c1. The van der Waals surface area contributed by atoms with Gasteiger partial charge in [-0.05, 0) is 18.9 Å². The van der Waals surface area contributed by atoms with Crippen LogP contribution >= 0.6 is 0 Å². The molecule has 0 aliphatic heterocycles. The van der Waals surface area contributed by atoms with E-state index < -0.39 is 4.92 Å². The van der Waals surface area contributed by atoms with E-state index in [-0.39, 0.29) is 23.4 Å². The molecule has 1 aromatic carbocycles. The summed E-state index contributed by atoms with van der Waals surface area (Å²) >= 11 is 0. The van der Waals surface area contributed by atoms with Crippen LogP contribution in [0.4, 0.5) is 5.69 Å². The molecule has 0 atom stereocenters. The largest absolute Gasteiger partial charge is 0.483 e. The fraction of sp³-hybridized carbons (Fsp3) is 0.417. The monoisotopic (exact) mass is 250 g/mol. The van der Waals surface area contributed by atoms with E-state index in [2.05, 4.69) is 0 Å². The van der Waals surface area contributed by atoms with Gasteiger partial charge in [-0.25, -0.2) is 0 Å². The summed E-state index contributed by atoms with van der Waals surface area (Å²) in [6, 6.07) is 4.20. The lowest BCUT2D eigenvalue weighted by molar-refractivity contribution is -0.385. The number of nitrogens with zero attached hydrogens (tertiary/aromatic N) is 2. The average molecular weight is 250 g/mol. The number of hydrogen-bond donors (Lipinski definition) is 0. The van der Waals surface area contributed by atoms with Crippen molar-refractivity contribution in [2.24, 2.45) is 0 Å². The molecule has 1 aromatic rings. The molecule has 2 rings (SSSR count). The first-order valence-corrected chi connectivity index (χ1v) is 5.66. The summed E-state index contributed by atoms with van der Waals surface area (Å²) in [7, 11) is 3.26. The first-order chi connectivity index (χ1) is 8.49. The van der Waals surface area contributed by atoms with E-state index in [1.807, 2.05) is 0 Å². The molecule has 0 bridgehead atoms. The second-order valence-electron chi connectivity index (χ2n) is 4.46. The molecule has 1 saturated carbocycles. The number of hydrogen-bond acceptors (Lipinski definition) is 4. The number of rotatable bonds is 4. The molecule has 18 heavy (non-hydrogen) atoms. The number of carbonyl (C=O) groups is 1. The fourth-order valence-corrected chi connectivity index (χ4v) is 1.52. The quantitative estimate of drug-likeness (QED) is 0.603. The Labute approximate surface area is 104 Å². The third kappa shape index (κ3) is 2.58. The molecule has 0 N–H and O–H groups in total. The van der Waals surface area contributed by atoms with E-state index in [9.17, 15) is 14.9 Å². The van der Waals surface area contributed by atoms with Crippen molar-refractivity contribution in [2.45, 2.75) is 18.9 Å². The van der Waals surface area contributed by atoms with E-state index >= 15 is 0 Å². The minimum atomic E-state index is -0.498. The van der Waals surface area contributed by atoms with Gasteiger partial charge in [0.25, 0.3) is 5.91 Å². The van der Waals surface area contributed by atoms with Gasteiger partial charge in [-0.3, -0.25) is 14.9 Å². The zero-order valence-corrected chi connectivity index (χ0v) is 10.3. The Morgan fingerprint density at radius 2 is 2.11 bits per heavy atom. The van der Waals surface area contributed by atoms with Crippen LogP contribution in [0.5, 0.6) is 5.75 Å². The lowest BCUT2D eigenvalue weighted by Gasteiger charge is -2.11. The summed E-state index contributed by atoms with van der Waals surface area (Å²) < 4.78 is 5.48. The predicted octanol–water partition coefficient (Wildman–Crippen LogP) is 1.84. The fourth-order valence-electron chi connectivity index (χ4n) is 1.52. The van der Waals surface area contributed by atoms with Crippen molar-refractivity contribution in [1.29, 1.82) is 0 Å². The molecule has 0 saturated heterocycles. The average Bonchev–Trinajstić information content (AvgIpc) is 3.11. The molecular formula is C12H14N2O4. The number of nitro groups is 1. The highest BCUT2D eigenvalue weighted by atomic mass is 16.6. The number of nitro benzene ring substituents is 1. The zero-order valence-electron chi connectivity index (χ0n) is 10.3. The second-order valence-corrected chi connectivity index (χ2v) is 4.46. The summed E-state index contributed by atoms with van der Waals surface area (Å²) in [6.07, 6.45) is 1.86. The van der Waals surface area contributed by atoms with E-state index in [1.165, 1.54) is 23.1 Å². The highest BCUT2D eigenvalue weighted by Crippen LogP contribution is 2.34. The Hall–Kier alpha value is -2.11. The van der Waals surface area contributed by atoms with E-state index in [4.69, 9.17) is 4.74 Å². The molecule has 6 heteroatoms. The Morgan fingerprint density at radius 1 is 1.44 bits per heavy atom. The smallest absolute Gasteiger partial charge is 0.310 e.